The molecule has 0 spiro atoms. The van der Waals surface area contributed by atoms with Gasteiger partial charge in [0.25, 0.3) is 0 Å². The molecule has 31 heavy (non-hydrogen) atoms. The number of carbonyl (C=O) groups excluding carboxylic acids is 2. The molecule has 8 heteroatoms. The highest BCUT2D eigenvalue weighted by molar-refractivity contribution is 8.00. The van der Waals surface area contributed by atoms with Crippen LogP contribution >= 0.6 is 23.1 Å². The molecule has 2 amide bonds. The van der Waals surface area contributed by atoms with Crippen molar-refractivity contribution in [1.82, 2.24) is 14.5 Å². The van der Waals surface area contributed by atoms with E-state index in [2.05, 4.69) is 5.32 Å². The predicted molar refractivity (Wildman–Crippen MR) is 121 cm³/mol. The summed E-state index contributed by atoms with van der Waals surface area (Å²) < 4.78 is 3.71. The van der Waals surface area contributed by atoms with Crippen LogP contribution in [0.4, 0.5) is 0 Å². The van der Waals surface area contributed by atoms with Gasteiger partial charge in [-0.2, -0.15) is 0 Å². The van der Waals surface area contributed by atoms with Crippen molar-refractivity contribution < 1.29 is 9.59 Å². The fourth-order valence-corrected chi connectivity index (χ4v) is 7.50. The van der Waals surface area contributed by atoms with Crippen molar-refractivity contribution in [3.63, 3.8) is 0 Å². The summed E-state index contributed by atoms with van der Waals surface area (Å²) in [4.78, 5) is 39.4. The number of hydrogen-bond acceptors (Lipinski definition) is 5. The highest BCUT2D eigenvalue weighted by Crippen LogP contribution is 2.53. The molecule has 4 heterocycles. The van der Waals surface area contributed by atoms with Gasteiger partial charge in [-0.25, -0.2) is 0 Å². The average molecular weight is 448 g/mol. The first kappa shape index (κ1) is 18.7. The highest BCUT2D eigenvalue weighted by atomic mass is 32.2. The first-order valence-corrected chi connectivity index (χ1v) is 11.6. The van der Waals surface area contributed by atoms with Crippen LogP contribution in [-0.2, 0) is 16.6 Å². The number of amides is 2. The summed E-state index contributed by atoms with van der Waals surface area (Å²) >= 11 is 2.50. The van der Waals surface area contributed by atoms with Crippen LogP contribution in [0.2, 0.25) is 0 Å². The van der Waals surface area contributed by atoms with E-state index in [9.17, 15) is 14.4 Å². The zero-order valence-electron chi connectivity index (χ0n) is 16.4. The van der Waals surface area contributed by atoms with Crippen molar-refractivity contribution in [2.24, 2.45) is 13.0 Å². The summed E-state index contributed by atoms with van der Waals surface area (Å²) in [6.07, 6.45) is 2.03. The van der Waals surface area contributed by atoms with Crippen LogP contribution in [0.1, 0.15) is 16.4 Å². The number of nitrogens with zero attached hydrogens (tertiary/aromatic N) is 2. The third kappa shape index (κ3) is 2.61. The molecule has 0 bridgehead atoms. The first-order chi connectivity index (χ1) is 15.0. The predicted octanol–water partition coefficient (Wildman–Crippen LogP) is 3.27. The summed E-state index contributed by atoms with van der Waals surface area (Å²) in [5.41, 5.74) is 2.78. The Labute approximate surface area is 185 Å². The van der Waals surface area contributed by atoms with Crippen molar-refractivity contribution in [3.8, 4) is 5.69 Å². The summed E-state index contributed by atoms with van der Waals surface area (Å²) in [6, 6.07) is 17.5. The van der Waals surface area contributed by atoms with Gasteiger partial charge in [0.15, 0.2) is 0 Å². The molecule has 2 aliphatic heterocycles. The van der Waals surface area contributed by atoms with Gasteiger partial charge in [0.1, 0.15) is 5.25 Å². The zero-order valence-corrected chi connectivity index (χ0v) is 18.1. The molecule has 6 nitrogen and oxygen atoms in total. The standard InChI is InChI=1S/C23H17N3O3S2/c1-25-11-14(13-9-5-6-10-15(13)25)16-17-18(21(28)24-20(17)27)30-22-19(16)31-23(29)26(22)12-7-3-2-4-8-12/h2-11,16-18H,1H3,(H,24,27,28)/t16-,17+,18-/m0/s1. The second-order valence-electron chi connectivity index (χ2n) is 7.82. The molecule has 2 aliphatic rings. The number of benzene rings is 2. The molecule has 154 valence electrons. The van der Waals surface area contributed by atoms with Crippen LogP contribution in [0.15, 0.2) is 70.6 Å². The number of rotatable bonds is 2. The number of thioether (sulfide) groups is 1. The second-order valence-corrected chi connectivity index (χ2v) is 9.94. The molecular weight excluding hydrogens is 430 g/mol. The maximum Gasteiger partial charge on any atom is 0.312 e. The molecular formula is C23H17N3O3S2. The lowest BCUT2D eigenvalue weighted by Crippen LogP contribution is -2.31. The molecule has 1 N–H and O–H groups in total. The van der Waals surface area contributed by atoms with Crippen molar-refractivity contribution in [2.45, 2.75) is 16.2 Å². The van der Waals surface area contributed by atoms with Crippen molar-refractivity contribution in [2.75, 3.05) is 0 Å². The van der Waals surface area contributed by atoms with Crippen LogP contribution < -0.4 is 10.2 Å². The SMILES string of the molecule is Cn1cc([C@@H]2c3sc(=O)n(-c4ccccc4)c3S[C@@H]3C(=O)NC(=O)[C@H]23)c2ccccc21. The second kappa shape index (κ2) is 6.70. The van der Waals surface area contributed by atoms with Gasteiger partial charge in [-0.15, -0.1) is 0 Å². The molecule has 1 saturated heterocycles. The third-order valence-electron chi connectivity index (χ3n) is 6.08. The number of aromatic nitrogens is 2. The third-order valence-corrected chi connectivity index (χ3v) is 8.63. The molecule has 2 aromatic heterocycles. The Kier molecular flexibility index (Phi) is 4.03. The van der Waals surface area contributed by atoms with Crippen LogP contribution in [0.25, 0.3) is 16.6 Å². The minimum atomic E-state index is -0.562. The van der Waals surface area contributed by atoms with Crippen LogP contribution in [0, 0.1) is 5.92 Å². The van der Waals surface area contributed by atoms with E-state index in [4.69, 9.17) is 0 Å². The smallest absolute Gasteiger partial charge is 0.312 e. The van der Waals surface area contributed by atoms with Gasteiger partial charge in [-0.3, -0.25) is 24.3 Å². The largest absolute Gasteiger partial charge is 0.350 e. The number of nitrogens with one attached hydrogen (secondary N) is 1. The van der Waals surface area contributed by atoms with Crippen molar-refractivity contribution in [3.05, 3.63) is 80.9 Å². The summed E-state index contributed by atoms with van der Waals surface area (Å²) in [6.45, 7) is 0. The first-order valence-electron chi connectivity index (χ1n) is 9.91. The summed E-state index contributed by atoms with van der Waals surface area (Å²) in [7, 11) is 1.97. The number of thiazole rings is 1. The van der Waals surface area contributed by atoms with E-state index in [0.29, 0.717) is 0 Å². The summed E-state index contributed by atoms with van der Waals surface area (Å²) in [5, 5.41) is 3.75. The highest BCUT2D eigenvalue weighted by Gasteiger charge is 2.53. The van der Waals surface area contributed by atoms with Crippen molar-refractivity contribution >= 4 is 45.8 Å². The van der Waals surface area contributed by atoms with Gasteiger partial charge < -0.3 is 4.57 Å². The van der Waals surface area contributed by atoms with Crippen LogP contribution in [-0.4, -0.2) is 26.2 Å². The lowest BCUT2D eigenvalue weighted by molar-refractivity contribution is -0.125. The van der Waals surface area contributed by atoms with Gasteiger partial charge in [0, 0.05) is 34.9 Å². The monoisotopic (exact) mass is 447 g/mol. The quantitative estimate of drug-likeness (QED) is 0.479. The Balaban J connectivity index is 1.65. The Morgan fingerprint density at radius 2 is 1.68 bits per heavy atom. The fourth-order valence-electron chi connectivity index (χ4n) is 4.75. The number of hydrogen-bond donors (Lipinski definition) is 1. The Bertz CT molecular complexity index is 1430. The molecule has 0 aliphatic carbocycles. The van der Waals surface area contributed by atoms with Crippen molar-refractivity contribution in [1.29, 1.82) is 0 Å². The normalized spacial score (nSPS) is 22.4. The van der Waals surface area contributed by atoms with Gasteiger partial charge in [-0.05, 0) is 23.8 Å². The lowest BCUT2D eigenvalue weighted by atomic mass is 9.83. The molecule has 0 unspecified atom stereocenters. The van der Waals surface area contributed by atoms with E-state index in [1.165, 1.54) is 23.1 Å². The van der Waals surface area contributed by atoms with E-state index in [-0.39, 0.29) is 22.6 Å². The van der Waals surface area contributed by atoms with Gasteiger partial charge >= 0.3 is 4.87 Å². The summed E-state index contributed by atoms with van der Waals surface area (Å²) in [5.74, 6) is -1.45. The average Bonchev–Trinajstić information content (AvgIpc) is 3.38. The number of imide groups is 1. The molecule has 3 atom stereocenters. The van der Waals surface area contributed by atoms with Crippen LogP contribution in [0.3, 0.4) is 0 Å². The van der Waals surface area contributed by atoms with Gasteiger partial charge in [0.05, 0.1) is 16.6 Å². The number of carbonyl (C=O) groups is 2. The van der Waals surface area contributed by atoms with E-state index >= 15 is 0 Å². The zero-order chi connectivity index (χ0) is 21.3. The van der Waals surface area contributed by atoms with Gasteiger partial charge in [0.2, 0.25) is 11.8 Å². The Hall–Kier alpha value is -3.10. The molecule has 0 saturated carbocycles. The molecule has 2 aromatic carbocycles. The maximum atomic E-state index is 13.1. The Morgan fingerprint density at radius 3 is 2.48 bits per heavy atom. The van der Waals surface area contributed by atoms with E-state index in [1.807, 2.05) is 72.4 Å². The molecule has 4 aromatic rings. The minimum Gasteiger partial charge on any atom is -0.350 e. The molecule has 6 rings (SSSR count). The maximum absolute atomic E-state index is 13.1. The van der Waals surface area contributed by atoms with E-state index in [1.54, 1.807) is 4.57 Å². The van der Waals surface area contributed by atoms with E-state index < -0.39 is 11.2 Å². The fraction of sp³-hybridized carbons (Fsp3) is 0.174. The topological polar surface area (TPSA) is 73.1 Å². The minimum absolute atomic E-state index is 0.109. The lowest BCUT2D eigenvalue weighted by Gasteiger charge is -2.30. The number of fused-ring (bicyclic) bond motifs is 3. The van der Waals surface area contributed by atoms with Crippen LogP contribution in [0.5, 0.6) is 0 Å². The molecule has 1 fully saturated rings. The molecule has 0 radical (unpaired) electrons. The van der Waals surface area contributed by atoms with Gasteiger partial charge in [-0.1, -0.05) is 59.5 Å². The number of aryl methyl sites for hydroxylation is 1. The Morgan fingerprint density at radius 1 is 0.935 bits per heavy atom. The van der Waals surface area contributed by atoms with E-state index in [0.717, 1.165) is 32.1 Å². The number of para-hydroxylation sites is 2.